The first-order valence-corrected chi connectivity index (χ1v) is 14.0. The Morgan fingerprint density at radius 1 is 0.872 bits per heavy atom. The average Bonchev–Trinajstić information content (AvgIpc) is 3.32. The summed E-state index contributed by atoms with van der Waals surface area (Å²) in [6, 6.07) is 15.7. The number of hydrazone groups is 1. The summed E-state index contributed by atoms with van der Waals surface area (Å²) in [5.74, 6) is 2.99. The molecule has 202 valence electrons. The summed E-state index contributed by atoms with van der Waals surface area (Å²) in [5, 5.41) is 5.62. The molecule has 9 nitrogen and oxygen atoms in total. The van der Waals surface area contributed by atoms with E-state index < -0.39 is 0 Å². The first kappa shape index (κ1) is 25.9. The number of aromatic nitrogens is 4. The van der Waals surface area contributed by atoms with Crippen molar-refractivity contribution in [2.75, 3.05) is 54.6 Å². The molecule has 2 aliphatic rings. The highest BCUT2D eigenvalue weighted by Gasteiger charge is 2.19. The Morgan fingerprint density at radius 3 is 2.51 bits per heavy atom. The number of rotatable bonds is 7. The van der Waals surface area contributed by atoms with Gasteiger partial charge in [0.1, 0.15) is 5.82 Å². The Labute approximate surface area is 237 Å². The van der Waals surface area contributed by atoms with Gasteiger partial charge in [-0.15, -0.1) is 0 Å². The zero-order valence-electron chi connectivity index (χ0n) is 21.6. The number of morpholine rings is 1. The molecule has 2 saturated heterocycles. The number of nitrogens with zero attached hydrogens (tertiary/aromatic N) is 7. The fraction of sp³-hybridized carbons (Fsp3) is 0.357. The molecule has 0 saturated carbocycles. The van der Waals surface area contributed by atoms with Crippen LogP contribution in [0.2, 0.25) is 10.0 Å². The number of hydrogen-bond donors (Lipinski definition) is 1. The third kappa shape index (κ3) is 5.95. The van der Waals surface area contributed by atoms with Crippen LogP contribution in [0.5, 0.6) is 0 Å². The fourth-order valence-electron chi connectivity index (χ4n) is 5.00. The van der Waals surface area contributed by atoms with E-state index >= 15 is 0 Å². The van der Waals surface area contributed by atoms with Gasteiger partial charge in [-0.05, 0) is 49.1 Å². The maximum atomic E-state index is 6.28. The van der Waals surface area contributed by atoms with Crippen molar-refractivity contribution in [3.63, 3.8) is 0 Å². The van der Waals surface area contributed by atoms with Gasteiger partial charge in [0, 0.05) is 38.8 Å². The minimum absolute atomic E-state index is 0.528. The molecule has 39 heavy (non-hydrogen) atoms. The number of para-hydroxylation sites is 2. The molecule has 2 fully saturated rings. The predicted octanol–water partition coefficient (Wildman–Crippen LogP) is 5.45. The number of hydrogen-bond acceptors (Lipinski definition) is 8. The van der Waals surface area contributed by atoms with Gasteiger partial charge in [-0.2, -0.15) is 15.1 Å². The quantitative estimate of drug-likeness (QED) is 0.236. The first-order valence-electron chi connectivity index (χ1n) is 13.3. The molecule has 0 amide bonds. The van der Waals surface area contributed by atoms with Crippen LogP contribution < -0.4 is 15.2 Å². The second-order valence-corrected chi connectivity index (χ2v) is 10.5. The Hall–Kier alpha value is -3.40. The highest BCUT2D eigenvalue weighted by Crippen LogP contribution is 2.26. The van der Waals surface area contributed by atoms with Gasteiger partial charge >= 0.3 is 0 Å². The van der Waals surface area contributed by atoms with Gasteiger partial charge < -0.3 is 19.1 Å². The molecule has 2 aromatic carbocycles. The zero-order chi connectivity index (χ0) is 26.6. The largest absolute Gasteiger partial charge is 0.378 e. The molecular weight excluding hydrogens is 535 g/mol. The molecule has 6 rings (SSSR count). The van der Waals surface area contributed by atoms with Crippen molar-refractivity contribution in [2.45, 2.75) is 25.8 Å². The van der Waals surface area contributed by atoms with E-state index in [-0.39, 0.29) is 0 Å². The first-order chi connectivity index (χ1) is 19.1. The van der Waals surface area contributed by atoms with Crippen LogP contribution in [-0.4, -0.2) is 65.1 Å². The molecule has 2 aliphatic heterocycles. The number of benzene rings is 2. The van der Waals surface area contributed by atoms with Gasteiger partial charge in [-0.1, -0.05) is 41.4 Å². The lowest BCUT2D eigenvalue weighted by molar-refractivity contribution is 0.122. The summed E-state index contributed by atoms with van der Waals surface area (Å²) in [5.41, 5.74) is 6.07. The van der Waals surface area contributed by atoms with Crippen LogP contribution in [0.15, 0.2) is 53.6 Å². The molecule has 4 heterocycles. The van der Waals surface area contributed by atoms with E-state index in [1.165, 1.54) is 6.42 Å². The van der Waals surface area contributed by atoms with Crippen molar-refractivity contribution in [3.05, 3.63) is 70.0 Å². The Kier molecular flexibility index (Phi) is 7.81. The number of anilines is 3. The zero-order valence-corrected chi connectivity index (χ0v) is 23.1. The fourth-order valence-corrected chi connectivity index (χ4v) is 5.33. The van der Waals surface area contributed by atoms with Gasteiger partial charge in [-0.25, -0.2) is 4.98 Å². The smallest absolute Gasteiger partial charge is 0.229 e. The van der Waals surface area contributed by atoms with E-state index in [4.69, 9.17) is 42.9 Å². The summed E-state index contributed by atoms with van der Waals surface area (Å²) in [6.07, 6.45) is 5.29. The number of fused-ring (bicyclic) bond motifs is 1. The molecule has 0 radical (unpaired) electrons. The molecule has 0 unspecified atom stereocenters. The Balaban J connectivity index is 1.28. The van der Waals surface area contributed by atoms with Gasteiger partial charge in [0.2, 0.25) is 5.95 Å². The van der Waals surface area contributed by atoms with Crippen LogP contribution in [0.1, 0.15) is 30.7 Å². The summed E-state index contributed by atoms with van der Waals surface area (Å²) in [7, 11) is 0. The molecule has 11 heteroatoms. The van der Waals surface area contributed by atoms with Crippen LogP contribution in [0.3, 0.4) is 0 Å². The number of nitrogens with one attached hydrogen (secondary N) is 1. The van der Waals surface area contributed by atoms with Crippen LogP contribution >= 0.6 is 23.2 Å². The maximum Gasteiger partial charge on any atom is 0.229 e. The SMILES string of the molecule is Clc1ccc(Cn2c(/C=N/Nc3cc(N4CCOCC4)nc(N4CCCCC4)n3)nc3ccccc32)cc1Cl. The minimum Gasteiger partial charge on any atom is -0.378 e. The second kappa shape index (κ2) is 11.8. The topological polar surface area (TPSA) is 83.7 Å². The molecule has 1 N–H and O–H groups in total. The predicted molar refractivity (Wildman–Crippen MR) is 158 cm³/mol. The number of halogens is 2. The third-order valence-corrected chi connectivity index (χ3v) is 7.78. The summed E-state index contributed by atoms with van der Waals surface area (Å²) in [4.78, 5) is 19.0. The number of imidazole rings is 1. The van der Waals surface area contributed by atoms with Crippen molar-refractivity contribution in [2.24, 2.45) is 5.10 Å². The average molecular weight is 566 g/mol. The van der Waals surface area contributed by atoms with Gasteiger partial charge in [0.05, 0.1) is 40.5 Å². The lowest BCUT2D eigenvalue weighted by Crippen LogP contribution is -2.37. The third-order valence-electron chi connectivity index (χ3n) is 7.04. The number of ether oxygens (including phenoxy) is 1. The molecule has 0 atom stereocenters. The van der Waals surface area contributed by atoms with Crippen molar-refractivity contribution < 1.29 is 4.74 Å². The second-order valence-electron chi connectivity index (χ2n) is 9.72. The van der Waals surface area contributed by atoms with E-state index in [0.29, 0.717) is 41.4 Å². The van der Waals surface area contributed by atoms with Crippen molar-refractivity contribution in [1.29, 1.82) is 0 Å². The van der Waals surface area contributed by atoms with Gasteiger partial charge in [0.15, 0.2) is 11.6 Å². The van der Waals surface area contributed by atoms with E-state index in [1.54, 1.807) is 6.21 Å². The Morgan fingerprint density at radius 2 is 1.69 bits per heavy atom. The highest BCUT2D eigenvalue weighted by molar-refractivity contribution is 6.42. The maximum absolute atomic E-state index is 6.28. The molecule has 0 bridgehead atoms. The van der Waals surface area contributed by atoms with Crippen molar-refractivity contribution >= 4 is 58.0 Å². The molecule has 4 aromatic rings. The van der Waals surface area contributed by atoms with E-state index in [9.17, 15) is 0 Å². The van der Waals surface area contributed by atoms with Crippen molar-refractivity contribution in [3.8, 4) is 0 Å². The summed E-state index contributed by atoms with van der Waals surface area (Å²) < 4.78 is 7.65. The Bertz CT molecular complexity index is 1440. The molecule has 0 spiro atoms. The van der Waals surface area contributed by atoms with Crippen molar-refractivity contribution in [1.82, 2.24) is 19.5 Å². The standard InChI is InChI=1S/C28H30Cl2N8O/c29-21-9-8-20(16-22(21)30)19-38-24-7-3-2-6-23(24)32-27(38)18-31-35-25-17-26(36-12-14-39-15-13-36)34-28(33-25)37-10-4-1-5-11-37/h2-3,6-9,16-18H,1,4-5,10-15,19H2,(H,33,34,35)/b31-18+. The van der Waals surface area contributed by atoms with E-state index in [2.05, 4.69) is 31.0 Å². The lowest BCUT2D eigenvalue weighted by atomic mass is 10.1. The number of piperidine rings is 1. The molecular formula is C28H30Cl2N8O. The summed E-state index contributed by atoms with van der Waals surface area (Å²) >= 11 is 12.4. The van der Waals surface area contributed by atoms with Crippen LogP contribution in [0.25, 0.3) is 11.0 Å². The van der Waals surface area contributed by atoms with Crippen LogP contribution in [0.4, 0.5) is 17.6 Å². The van der Waals surface area contributed by atoms with E-state index in [1.807, 2.05) is 42.5 Å². The van der Waals surface area contributed by atoms with Crippen LogP contribution in [-0.2, 0) is 11.3 Å². The monoisotopic (exact) mass is 564 g/mol. The molecule has 2 aromatic heterocycles. The molecule has 0 aliphatic carbocycles. The highest BCUT2D eigenvalue weighted by atomic mass is 35.5. The lowest BCUT2D eigenvalue weighted by Gasteiger charge is -2.31. The van der Waals surface area contributed by atoms with Gasteiger partial charge in [-0.3, -0.25) is 5.43 Å². The summed E-state index contributed by atoms with van der Waals surface area (Å²) in [6.45, 7) is 5.50. The minimum atomic E-state index is 0.528. The van der Waals surface area contributed by atoms with Crippen LogP contribution in [0, 0.1) is 0 Å². The van der Waals surface area contributed by atoms with Gasteiger partial charge in [0.25, 0.3) is 0 Å². The van der Waals surface area contributed by atoms with E-state index in [0.717, 1.165) is 67.4 Å². The normalized spacial score (nSPS) is 16.4.